The lowest BCUT2D eigenvalue weighted by molar-refractivity contribution is -0.155. The van der Waals surface area contributed by atoms with Gasteiger partial charge in [0.05, 0.1) is 24.5 Å². The average molecular weight is 505 g/mol. The summed E-state index contributed by atoms with van der Waals surface area (Å²) in [5, 5.41) is 9.08. The second-order valence-corrected chi connectivity index (χ2v) is 10.3. The van der Waals surface area contributed by atoms with E-state index in [1.54, 1.807) is 22.0 Å². The molecule has 3 aliphatic rings. The third kappa shape index (κ3) is 5.70. The predicted molar refractivity (Wildman–Crippen MR) is 137 cm³/mol. The molecule has 2 bridgehead atoms. The van der Waals surface area contributed by atoms with Crippen molar-refractivity contribution in [2.24, 2.45) is 11.8 Å². The van der Waals surface area contributed by atoms with Crippen LogP contribution in [-0.4, -0.2) is 83.3 Å². The molecule has 3 heterocycles. The van der Waals surface area contributed by atoms with Gasteiger partial charge in [0.15, 0.2) is 0 Å². The average Bonchev–Trinajstić information content (AvgIpc) is 3.51. The van der Waals surface area contributed by atoms with Crippen LogP contribution in [0.5, 0.6) is 0 Å². The smallest absolute Gasteiger partial charge is 0.312 e. The number of ether oxygens (including phenoxy) is 2. The Morgan fingerprint density at radius 1 is 1.19 bits per heavy atom. The topological polar surface area (TPSA) is 96.4 Å². The Balaban J connectivity index is 1.86. The molecule has 1 N–H and O–H groups in total. The fraction of sp³-hybridized carbons (Fsp3) is 0.750. The Labute approximate surface area is 215 Å². The highest BCUT2D eigenvalue weighted by Gasteiger charge is 2.74. The number of unbranched alkanes of at least 4 members (excludes halogenated alkanes) is 5. The van der Waals surface area contributed by atoms with E-state index in [2.05, 4.69) is 20.1 Å². The number of rotatable bonds is 17. The van der Waals surface area contributed by atoms with E-state index in [1.165, 1.54) is 0 Å². The number of amides is 2. The normalized spacial score (nSPS) is 28.3. The van der Waals surface area contributed by atoms with E-state index in [-0.39, 0.29) is 25.0 Å². The van der Waals surface area contributed by atoms with Crippen LogP contribution in [0.3, 0.4) is 0 Å². The minimum atomic E-state index is -0.986. The molecule has 202 valence electrons. The molecular weight excluding hydrogens is 460 g/mol. The number of hydrogen-bond donors (Lipinski definition) is 1. The molecule has 1 spiro atoms. The summed E-state index contributed by atoms with van der Waals surface area (Å²) >= 11 is 0. The monoisotopic (exact) mass is 504 g/mol. The van der Waals surface area contributed by atoms with E-state index in [9.17, 15) is 14.4 Å². The number of carbonyl (C=O) groups excluding carboxylic acids is 3. The summed E-state index contributed by atoms with van der Waals surface area (Å²) in [5.74, 6) is -2.04. The van der Waals surface area contributed by atoms with Crippen LogP contribution in [0.25, 0.3) is 0 Å². The van der Waals surface area contributed by atoms with Crippen molar-refractivity contribution >= 4 is 17.8 Å². The van der Waals surface area contributed by atoms with Gasteiger partial charge < -0.3 is 24.4 Å². The molecule has 0 radical (unpaired) electrons. The molecule has 0 aliphatic carbocycles. The summed E-state index contributed by atoms with van der Waals surface area (Å²) in [7, 11) is 0. The largest absolute Gasteiger partial charge is 0.465 e. The first kappa shape index (κ1) is 28.4. The fourth-order valence-corrected chi connectivity index (χ4v) is 6.15. The Bertz CT molecular complexity index is 801. The number of nitrogens with zero attached hydrogens (tertiary/aromatic N) is 2. The van der Waals surface area contributed by atoms with E-state index in [0.29, 0.717) is 38.9 Å². The van der Waals surface area contributed by atoms with Crippen LogP contribution in [0, 0.1) is 11.8 Å². The molecule has 8 nitrogen and oxygen atoms in total. The Morgan fingerprint density at radius 2 is 1.97 bits per heavy atom. The molecule has 36 heavy (non-hydrogen) atoms. The van der Waals surface area contributed by atoms with Gasteiger partial charge in [0.2, 0.25) is 11.8 Å². The zero-order valence-electron chi connectivity index (χ0n) is 21.9. The van der Waals surface area contributed by atoms with Crippen LogP contribution >= 0.6 is 0 Å². The highest BCUT2D eigenvalue weighted by atomic mass is 16.6. The van der Waals surface area contributed by atoms with E-state index in [4.69, 9.17) is 14.6 Å². The van der Waals surface area contributed by atoms with Gasteiger partial charge in [-0.3, -0.25) is 14.4 Å². The predicted octanol–water partition coefficient (Wildman–Crippen LogP) is 3.24. The van der Waals surface area contributed by atoms with Gasteiger partial charge in [0.1, 0.15) is 11.6 Å². The van der Waals surface area contributed by atoms with Crippen molar-refractivity contribution in [3.8, 4) is 0 Å². The lowest BCUT2D eigenvalue weighted by Gasteiger charge is -2.36. The molecule has 2 unspecified atom stereocenters. The highest BCUT2D eigenvalue weighted by Crippen LogP contribution is 2.58. The lowest BCUT2D eigenvalue weighted by atomic mass is 9.70. The van der Waals surface area contributed by atoms with Gasteiger partial charge in [0, 0.05) is 26.2 Å². The third-order valence-electron chi connectivity index (χ3n) is 7.85. The van der Waals surface area contributed by atoms with Gasteiger partial charge in [-0.15, -0.1) is 13.2 Å². The van der Waals surface area contributed by atoms with Gasteiger partial charge in [0.25, 0.3) is 0 Å². The van der Waals surface area contributed by atoms with Crippen LogP contribution in [-0.2, 0) is 23.9 Å². The summed E-state index contributed by atoms with van der Waals surface area (Å²) < 4.78 is 12.0. The highest BCUT2D eigenvalue weighted by molar-refractivity contribution is 5.98. The number of esters is 1. The number of aliphatic hydroxyl groups is 1. The van der Waals surface area contributed by atoms with E-state index >= 15 is 0 Å². The summed E-state index contributed by atoms with van der Waals surface area (Å²) in [6.07, 6.45) is 10.8. The van der Waals surface area contributed by atoms with Crippen molar-refractivity contribution in [1.29, 1.82) is 0 Å². The molecule has 2 amide bonds. The Kier molecular flexibility index (Phi) is 10.5. The summed E-state index contributed by atoms with van der Waals surface area (Å²) in [6, 6.07) is -0.742. The van der Waals surface area contributed by atoms with Crippen LogP contribution in [0.1, 0.15) is 71.1 Å². The van der Waals surface area contributed by atoms with E-state index < -0.39 is 35.6 Å². The Morgan fingerprint density at radius 3 is 2.67 bits per heavy atom. The van der Waals surface area contributed by atoms with Crippen molar-refractivity contribution < 1.29 is 29.0 Å². The first-order valence-electron chi connectivity index (χ1n) is 13.7. The van der Waals surface area contributed by atoms with Crippen LogP contribution in [0.4, 0.5) is 0 Å². The van der Waals surface area contributed by atoms with E-state index in [0.717, 1.165) is 44.9 Å². The fourth-order valence-electron chi connectivity index (χ4n) is 6.15. The number of allylic oxidation sites excluding steroid dienone is 1. The zero-order valence-corrected chi connectivity index (χ0v) is 21.9. The second-order valence-electron chi connectivity index (χ2n) is 10.3. The second kappa shape index (κ2) is 13.4. The number of carbonyl (C=O) groups is 3. The number of hydrogen-bond acceptors (Lipinski definition) is 6. The molecule has 8 heteroatoms. The number of aliphatic hydroxyl groups excluding tert-OH is 1. The standard InChI is InChI=1S/C28H44N2O6/c1-4-7-13-20-35-27(34)22-21-14-15-28(36-21)23(22)25(32)30(18-11-9-10-12-19-31)24(28)26(33)29(16-6-3)17-8-5-2/h4,6,21-24,31H,1,3,5,7-20H2,2H3/t21-,22+,23-,24?,28?/m0/s1. The molecule has 0 aromatic carbocycles. The number of fused-ring (bicyclic) bond motifs is 1. The summed E-state index contributed by atoms with van der Waals surface area (Å²) in [4.78, 5) is 44.5. The van der Waals surface area contributed by atoms with Gasteiger partial charge in [-0.1, -0.05) is 38.3 Å². The van der Waals surface area contributed by atoms with Crippen molar-refractivity contribution in [2.45, 2.75) is 88.9 Å². The van der Waals surface area contributed by atoms with Crippen molar-refractivity contribution in [3.05, 3.63) is 25.3 Å². The van der Waals surface area contributed by atoms with Gasteiger partial charge >= 0.3 is 5.97 Å². The molecule has 0 saturated carbocycles. The molecule has 3 saturated heterocycles. The lowest BCUT2D eigenvalue weighted by Crippen LogP contribution is -2.56. The quantitative estimate of drug-likeness (QED) is 0.186. The third-order valence-corrected chi connectivity index (χ3v) is 7.85. The summed E-state index contributed by atoms with van der Waals surface area (Å²) in [6.45, 7) is 11.5. The molecule has 0 aromatic heterocycles. The minimum Gasteiger partial charge on any atom is -0.465 e. The SMILES string of the molecule is C=CCCCOC(=O)[C@@H]1[C@@H]2CCC3(O2)C(C(=O)N(CC=C)CCCC)N(CCCCCCO)C(=O)[C@H]13. The molecule has 3 aliphatic heterocycles. The molecule has 5 atom stereocenters. The molecule has 3 rings (SSSR count). The van der Waals surface area contributed by atoms with Crippen molar-refractivity contribution in [3.63, 3.8) is 0 Å². The zero-order chi connectivity index (χ0) is 26.1. The van der Waals surface area contributed by atoms with Crippen LogP contribution < -0.4 is 0 Å². The molecule has 3 fully saturated rings. The van der Waals surface area contributed by atoms with Crippen LogP contribution in [0.15, 0.2) is 25.3 Å². The molecular formula is C28H44N2O6. The van der Waals surface area contributed by atoms with Crippen LogP contribution in [0.2, 0.25) is 0 Å². The van der Waals surface area contributed by atoms with Gasteiger partial charge in [-0.2, -0.15) is 0 Å². The van der Waals surface area contributed by atoms with Crippen molar-refractivity contribution in [2.75, 3.05) is 32.8 Å². The maximum atomic E-state index is 14.0. The Hall–Kier alpha value is -2.19. The van der Waals surface area contributed by atoms with Gasteiger partial charge in [-0.05, 0) is 44.9 Å². The minimum absolute atomic E-state index is 0.116. The van der Waals surface area contributed by atoms with Crippen molar-refractivity contribution in [1.82, 2.24) is 9.80 Å². The maximum absolute atomic E-state index is 14.0. The maximum Gasteiger partial charge on any atom is 0.312 e. The summed E-state index contributed by atoms with van der Waals surface area (Å²) in [5.41, 5.74) is -0.986. The van der Waals surface area contributed by atoms with E-state index in [1.807, 2.05) is 0 Å². The molecule has 0 aromatic rings. The first-order chi connectivity index (χ1) is 17.5. The first-order valence-corrected chi connectivity index (χ1v) is 13.7. The van der Waals surface area contributed by atoms with Gasteiger partial charge in [-0.25, -0.2) is 0 Å². The number of likely N-dealkylation sites (tertiary alicyclic amines) is 1.